The first-order valence-electron chi connectivity index (χ1n) is 12.8. The topological polar surface area (TPSA) is 87.5 Å². The van der Waals surface area contributed by atoms with Crippen molar-refractivity contribution in [2.24, 2.45) is 5.92 Å². The Labute approximate surface area is 229 Å². The normalized spacial score (nSPS) is 15.1. The Morgan fingerprint density at radius 3 is 2.33 bits per heavy atom. The fraction of sp³-hybridized carbons (Fsp3) is 0.393. The van der Waals surface area contributed by atoms with E-state index in [1.54, 1.807) is 28.9 Å². The Bertz CT molecular complexity index is 1290. The predicted octanol–water partition coefficient (Wildman–Crippen LogP) is 7.00. The molecule has 1 aliphatic rings. The lowest BCUT2D eigenvalue weighted by molar-refractivity contribution is -0.138. The summed E-state index contributed by atoms with van der Waals surface area (Å²) in [6.07, 6.45) is 2.69. The number of hydrogen-bond acceptors (Lipinski definition) is 4. The number of amides is 1. The number of carbonyl (C=O) groups excluding carboxylic acids is 1. The quantitative estimate of drug-likeness (QED) is 0.274. The molecule has 1 aromatic heterocycles. The van der Waals surface area contributed by atoms with Crippen molar-refractivity contribution in [1.82, 2.24) is 14.2 Å². The molecule has 0 aliphatic heterocycles. The van der Waals surface area contributed by atoms with Gasteiger partial charge in [-0.3, -0.25) is 14.0 Å². The molecule has 1 unspecified atom stereocenters. The Kier molecular flexibility index (Phi) is 8.84. The zero-order valence-electron chi connectivity index (χ0n) is 21.4. The van der Waals surface area contributed by atoms with Crippen LogP contribution in [0.5, 0.6) is 0 Å². The second-order valence-corrected chi connectivity index (χ2v) is 10.2. The zero-order chi connectivity index (χ0) is 28.2. The summed E-state index contributed by atoms with van der Waals surface area (Å²) in [5.41, 5.74) is 2.69. The number of carboxylic acids is 1. The molecule has 208 valence electrons. The van der Waals surface area contributed by atoms with Crippen molar-refractivity contribution in [3.05, 3.63) is 77.1 Å². The van der Waals surface area contributed by atoms with Crippen molar-refractivity contribution in [3.8, 4) is 5.69 Å². The molecule has 4 rings (SSSR count). The molecule has 0 radical (unpaired) electrons. The first-order chi connectivity index (χ1) is 18.5. The monoisotopic (exact) mass is 562 g/mol. The highest BCUT2D eigenvalue weighted by molar-refractivity contribution is 6.24. The number of hydrogen-bond donors (Lipinski definition) is 2. The number of aryl methyl sites for hydroxylation is 1. The van der Waals surface area contributed by atoms with E-state index in [9.17, 15) is 22.8 Å². The maximum Gasteiger partial charge on any atom is 0.416 e. The molecule has 2 aromatic carbocycles. The van der Waals surface area contributed by atoms with Crippen LogP contribution >= 0.6 is 11.8 Å². The minimum absolute atomic E-state index is 0.0878. The van der Waals surface area contributed by atoms with E-state index in [1.165, 1.54) is 18.6 Å². The molecule has 2 N–H and O–H groups in total. The van der Waals surface area contributed by atoms with E-state index in [2.05, 4.69) is 10.4 Å². The smallest absolute Gasteiger partial charge is 0.416 e. The fourth-order valence-electron chi connectivity index (χ4n) is 4.96. The maximum atomic E-state index is 13.0. The lowest BCUT2D eigenvalue weighted by Crippen LogP contribution is -2.25. The van der Waals surface area contributed by atoms with Crippen LogP contribution in [0.1, 0.15) is 71.7 Å². The largest absolute Gasteiger partial charge is 0.481 e. The zero-order valence-corrected chi connectivity index (χ0v) is 22.2. The van der Waals surface area contributed by atoms with Gasteiger partial charge in [-0.2, -0.15) is 18.3 Å². The van der Waals surface area contributed by atoms with Gasteiger partial charge >= 0.3 is 12.1 Å². The van der Waals surface area contributed by atoms with Gasteiger partial charge in [-0.25, -0.2) is 4.68 Å². The molecular weight excluding hydrogens is 533 g/mol. The first-order valence-corrected chi connectivity index (χ1v) is 13.2. The maximum absolute atomic E-state index is 13.0. The molecule has 1 aliphatic carbocycles. The number of nitrogens with zero attached hydrogens (tertiary/aromatic N) is 3. The molecule has 11 heteroatoms. The van der Waals surface area contributed by atoms with Gasteiger partial charge in [0, 0.05) is 41.3 Å². The third-order valence-electron chi connectivity index (χ3n) is 7.05. The number of carboxylic acid groups (broad SMARTS) is 1. The second kappa shape index (κ2) is 12.1. The summed E-state index contributed by atoms with van der Waals surface area (Å²) in [5, 5.41) is 17.0. The average Bonchev–Trinajstić information content (AvgIpc) is 3.31. The van der Waals surface area contributed by atoms with Crippen molar-refractivity contribution >= 4 is 29.3 Å². The molecule has 1 atom stereocenters. The van der Waals surface area contributed by atoms with Gasteiger partial charge < -0.3 is 10.4 Å². The first kappa shape index (κ1) is 28.5. The number of halogens is 4. The van der Waals surface area contributed by atoms with Crippen LogP contribution in [0.2, 0.25) is 0 Å². The SMILES string of the molecule is Cc1nn(-c2ccc(C(F)(F)F)cc2)cc1C(Nc1ccc(C(=O)N(Cl)CCC(=O)O)cc1)C1CCCCC1. The van der Waals surface area contributed by atoms with E-state index in [0.717, 1.165) is 59.2 Å². The minimum Gasteiger partial charge on any atom is -0.481 e. The molecule has 1 fully saturated rings. The summed E-state index contributed by atoms with van der Waals surface area (Å²) in [5.74, 6) is -1.20. The van der Waals surface area contributed by atoms with Gasteiger partial charge in [0.25, 0.3) is 5.91 Å². The van der Waals surface area contributed by atoms with Crippen molar-refractivity contribution in [2.45, 2.75) is 57.7 Å². The van der Waals surface area contributed by atoms with Crippen LogP contribution in [0.25, 0.3) is 5.69 Å². The van der Waals surface area contributed by atoms with Crippen LogP contribution < -0.4 is 5.32 Å². The van der Waals surface area contributed by atoms with Gasteiger partial charge in [-0.15, -0.1) is 0 Å². The fourth-order valence-corrected chi connectivity index (χ4v) is 5.14. The van der Waals surface area contributed by atoms with Crippen LogP contribution in [0.4, 0.5) is 18.9 Å². The number of benzene rings is 2. The van der Waals surface area contributed by atoms with E-state index in [-0.39, 0.29) is 19.0 Å². The number of aromatic nitrogens is 2. The lowest BCUT2D eigenvalue weighted by atomic mass is 9.81. The number of aliphatic carboxylic acids is 1. The molecule has 1 amide bonds. The third kappa shape index (κ3) is 7.11. The van der Waals surface area contributed by atoms with E-state index in [0.29, 0.717) is 17.2 Å². The van der Waals surface area contributed by atoms with Crippen LogP contribution in [-0.2, 0) is 11.0 Å². The summed E-state index contributed by atoms with van der Waals surface area (Å²) in [6.45, 7) is 1.78. The van der Waals surface area contributed by atoms with Crippen molar-refractivity contribution in [1.29, 1.82) is 0 Å². The minimum atomic E-state index is -4.40. The van der Waals surface area contributed by atoms with Crippen molar-refractivity contribution in [3.63, 3.8) is 0 Å². The van der Waals surface area contributed by atoms with Crippen molar-refractivity contribution in [2.75, 3.05) is 11.9 Å². The number of anilines is 1. The average molecular weight is 563 g/mol. The van der Waals surface area contributed by atoms with E-state index < -0.39 is 23.6 Å². The van der Waals surface area contributed by atoms with E-state index in [4.69, 9.17) is 16.9 Å². The number of alkyl halides is 3. The Morgan fingerprint density at radius 1 is 1.10 bits per heavy atom. The van der Waals surface area contributed by atoms with E-state index in [1.807, 2.05) is 13.1 Å². The molecule has 7 nitrogen and oxygen atoms in total. The Hall–Kier alpha value is -3.53. The van der Waals surface area contributed by atoms with Gasteiger partial charge in [0.1, 0.15) is 0 Å². The molecule has 1 heterocycles. The predicted molar refractivity (Wildman–Crippen MR) is 142 cm³/mol. The molecule has 1 saturated carbocycles. The number of carbonyl (C=O) groups is 2. The van der Waals surface area contributed by atoms with Gasteiger partial charge in [-0.05, 0) is 74.2 Å². The molecule has 0 saturated heterocycles. The molecule has 0 bridgehead atoms. The van der Waals surface area contributed by atoms with Crippen LogP contribution in [0.15, 0.2) is 54.7 Å². The molecule has 3 aromatic rings. The number of nitrogens with one attached hydrogen (secondary N) is 1. The highest BCUT2D eigenvalue weighted by atomic mass is 35.5. The second-order valence-electron chi connectivity index (χ2n) is 9.79. The number of rotatable bonds is 9. The highest BCUT2D eigenvalue weighted by Gasteiger charge is 2.31. The summed E-state index contributed by atoms with van der Waals surface area (Å²) >= 11 is 5.96. The Morgan fingerprint density at radius 2 is 1.74 bits per heavy atom. The van der Waals surface area contributed by atoms with Gasteiger partial charge in [0.2, 0.25) is 0 Å². The lowest BCUT2D eigenvalue weighted by Gasteiger charge is -2.31. The third-order valence-corrected chi connectivity index (χ3v) is 7.37. The Balaban J connectivity index is 1.56. The summed E-state index contributed by atoms with van der Waals surface area (Å²) in [4.78, 5) is 23.3. The van der Waals surface area contributed by atoms with Crippen molar-refractivity contribution < 1.29 is 27.9 Å². The molecular formula is C28H30ClF3N4O3. The molecule has 39 heavy (non-hydrogen) atoms. The van der Waals surface area contributed by atoms with Crippen LogP contribution in [0, 0.1) is 12.8 Å². The van der Waals surface area contributed by atoms with E-state index >= 15 is 0 Å². The van der Waals surface area contributed by atoms with Gasteiger partial charge in [0.15, 0.2) is 0 Å². The summed E-state index contributed by atoms with van der Waals surface area (Å²) in [7, 11) is 0. The van der Waals surface area contributed by atoms with Gasteiger partial charge in [-0.1, -0.05) is 19.3 Å². The van der Waals surface area contributed by atoms with Crippen LogP contribution in [-0.4, -0.2) is 37.7 Å². The molecule has 0 spiro atoms. The van der Waals surface area contributed by atoms with Crippen LogP contribution in [0.3, 0.4) is 0 Å². The highest BCUT2D eigenvalue weighted by Crippen LogP contribution is 2.38. The summed E-state index contributed by atoms with van der Waals surface area (Å²) < 4.78 is 41.5. The van der Waals surface area contributed by atoms with Gasteiger partial charge in [0.05, 0.1) is 29.4 Å². The standard InChI is InChI=1S/C28H30ClF3N4O3/c1-18-24(17-36(34-18)23-13-9-21(10-14-23)28(30,31)32)26(19-5-3-2-4-6-19)33-22-11-7-20(8-12-22)27(39)35(29)16-15-25(37)38/h7-14,17,19,26,33H,2-6,15-16H2,1H3,(H,37,38). The summed E-state index contributed by atoms with van der Waals surface area (Å²) in [6, 6.07) is 11.7.